The van der Waals surface area contributed by atoms with Crippen molar-refractivity contribution in [3.63, 3.8) is 0 Å². The minimum absolute atomic E-state index is 0.0880. The Morgan fingerprint density at radius 3 is 2.35 bits per heavy atom. The van der Waals surface area contributed by atoms with Crippen LogP contribution < -0.4 is 5.32 Å². The first-order valence-electron chi connectivity index (χ1n) is 8.45. The number of esters is 1. The summed E-state index contributed by atoms with van der Waals surface area (Å²) in [5.74, 6) is 0.710. The maximum atomic E-state index is 12.7. The minimum Gasteiger partial charge on any atom is -0.467 e. The van der Waals surface area contributed by atoms with Gasteiger partial charge in [-0.3, -0.25) is 9.48 Å². The Kier molecular flexibility index (Phi) is 4.41. The van der Waals surface area contributed by atoms with Crippen LogP contribution in [0, 0.1) is 17.8 Å². The van der Waals surface area contributed by atoms with Gasteiger partial charge in [-0.15, -0.1) is 0 Å². The van der Waals surface area contributed by atoms with Gasteiger partial charge in [-0.05, 0) is 63.4 Å². The van der Waals surface area contributed by atoms with Gasteiger partial charge in [0.1, 0.15) is 11.7 Å². The molecule has 23 heavy (non-hydrogen) atoms. The Balaban J connectivity index is 1.79. The van der Waals surface area contributed by atoms with Crippen LogP contribution in [0.2, 0.25) is 0 Å². The van der Waals surface area contributed by atoms with Gasteiger partial charge in [0.25, 0.3) is 5.91 Å². The van der Waals surface area contributed by atoms with E-state index in [9.17, 15) is 9.59 Å². The second-order valence-corrected chi connectivity index (χ2v) is 6.98. The molecule has 6 nitrogen and oxygen atoms in total. The van der Waals surface area contributed by atoms with Gasteiger partial charge in [0.2, 0.25) is 0 Å². The maximum absolute atomic E-state index is 12.7. The summed E-state index contributed by atoms with van der Waals surface area (Å²) in [6.07, 6.45) is 6.20. The highest BCUT2D eigenvalue weighted by Gasteiger charge is 2.48. The largest absolute Gasteiger partial charge is 0.467 e. The third-order valence-electron chi connectivity index (χ3n) is 4.85. The summed E-state index contributed by atoms with van der Waals surface area (Å²) < 4.78 is 6.64. The first-order chi connectivity index (χ1) is 11.0. The summed E-state index contributed by atoms with van der Waals surface area (Å²) >= 11 is 0. The van der Waals surface area contributed by atoms with Gasteiger partial charge < -0.3 is 10.1 Å². The quantitative estimate of drug-likeness (QED) is 0.782. The van der Waals surface area contributed by atoms with E-state index in [1.165, 1.54) is 7.11 Å². The SMILES string of the molecule is COC(=O)[C@@H](NC(=O)c1ccnn1C(C)C)C(C1CC1)C1CC1. The van der Waals surface area contributed by atoms with Gasteiger partial charge in [-0.2, -0.15) is 5.10 Å². The summed E-state index contributed by atoms with van der Waals surface area (Å²) in [4.78, 5) is 25.0. The molecule has 0 bridgehead atoms. The number of amides is 1. The van der Waals surface area contributed by atoms with Crippen molar-refractivity contribution in [1.29, 1.82) is 0 Å². The number of methoxy groups -OCH3 is 1. The van der Waals surface area contributed by atoms with Crippen molar-refractivity contribution in [2.45, 2.75) is 51.6 Å². The second-order valence-electron chi connectivity index (χ2n) is 6.98. The predicted molar refractivity (Wildman–Crippen MR) is 84.8 cm³/mol. The summed E-state index contributed by atoms with van der Waals surface area (Å²) in [6.45, 7) is 3.94. The molecule has 2 fully saturated rings. The summed E-state index contributed by atoms with van der Waals surface area (Å²) in [7, 11) is 1.39. The van der Waals surface area contributed by atoms with Gasteiger partial charge in [0.15, 0.2) is 0 Å². The molecule has 1 heterocycles. The van der Waals surface area contributed by atoms with Crippen molar-refractivity contribution in [2.75, 3.05) is 7.11 Å². The van der Waals surface area contributed by atoms with Crippen molar-refractivity contribution in [3.05, 3.63) is 18.0 Å². The molecule has 1 aromatic rings. The van der Waals surface area contributed by atoms with Gasteiger partial charge in [0, 0.05) is 12.2 Å². The number of carbonyl (C=O) groups excluding carboxylic acids is 2. The zero-order chi connectivity index (χ0) is 16.6. The fourth-order valence-corrected chi connectivity index (χ4v) is 3.45. The van der Waals surface area contributed by atoms with E-state index in [0.29, 0.717) is 17.5 Å². The van der Waals surface area contributed by atoms with Crippen LogP contribution >= 0.6 is 0 Å². The highest BCUT2D eigenvalue weighted by Crippen LogP contribution is 2.50. The van der Waals surface area contributed by atoms with Gasteiger partial charge >= 0.3 is 5.97 Å². The molecule has 126 valence electrons. The predicted octanol–water partition coefficient (Wildman–Crippen LogP) is 2.17. The Bertz CT molecular complexity index is 576. The first-order valence-corrected chi connectivity index (χ1v) is 8.45. The normalized spacial score (nSPS) is 19.0. The molecular formula is C17H25N3O3. The number of hydrogen-bond donors (Lipinski definition) is 1. The standard InChI is InChI=1S/C17H25N3O3/c1-10(2)20-13(8-9-18-20)16(21)19-15(17(22)23-3)14(11-4-5-11)12-6-7-12/h8-12,14-15H,4-7H2,1-3H3,(H,19,21)/t15-/m0/s1. The molecule has 0 spiro atoms. The van der Waals surface area contributed by atoms with E-state index in [0.717, 1.165) is 25.7 Å². The maximum Gasteiger partial charge on any atom is 0.328 e. The number of nitrogens with one attached hydrogen (secondary N) is 1. The second kappa shape index (κ2) is 6.34. The van der Waals surface area contributed by atoms with E-state index in [4.69, 9.17) is 4.74 Å². The van der Waals surface area contributed by atoms with Gasteiger partial charge in [-0.25, -0.2) is 4.79 Å². The topological polar surface area (TPSA) is 73.2 Å². The number of ether oxygens (including phenoxy) is 1. The van der Waals surface area contributed by atoms with Crippen LogP contribution in [0.1, 0.15) is 56.1 Å². The molecule has 0 saturated heterocycles. The lowest BCUT2D eigenvalue weighted by molar-refractivity contribution is -0.145. The van der Waals surface area contributed by atoms with Crippen LogP contribution in [0.15, 0.2) is 12.3 Å². The summed E-state index contributed by atoms with van der Waals surface area (Å²) in [6, 6.07) is 1.22. The molecule has 0 aromatic carbocycles. The zero-order valence-electron chi connectivity index (χ0n) is 14.0. The van der Waals surface area contributed by atoms with E-state index < -0.39 is 6.04 Å². The van der Waals surface area contributed by atoms with Crippen molar-refractivity contribution in [3.8, 4) is 0 Å². The minimum atomic E-state index is -0.553. The lowest BCUT2D eigenvalue weighted by Crippen LogP contribution is -2.48. The smallest absolute Gasteiger partial charge is 0.328 e. The lowest BCUT2D eigenvalue weighted by Gasteiger charge is -2.26. The van der Waals surface area contributed by atoms with Crippen LogP contribution in [0.5, 0.6) is 0 Å². The molecule has 6 heteroatoms. The number of rotatable bonds is 7. The molecule has 1 atom stereocenters. The summed E-state index contributed by atoms with van der Waals surface area (Å²) in [5, 5.41) is 7.12. The molecule has 2 aliphatic carbocycles. The molecule has 1 N–H and O–H groups in total. The average Bonchev–Trinajstić information content (AvgIpc) is 3.46. The molecule has 1 aromatic heterocycles. The Morgan fingerprint density at radius 2 is 1.87 bits per heavy atom. The van der Waals surface area contributed by atoms with Gasteiger partial charge in [-0.1, -0.05) is 0 Å². The number of hydrogen-bond acceptors (Lipinski definition) is 4. The average molecular weight is 319 g/mol. The molecule has 2 aliphatic rings. The molecular weight excluding hydrogens is 294 g/mol. The number of nitrogens with zero attached hydrogens (tertiary/aromatic N) is 2. The van der Waals surface area contributed by atoms with Crippen LogP contribution in [0.25, 0.3) is 0 Å². The highest BCUT2D eigenvalue weighted by atomic mass is 16.5. The lowest BCUT2D eigenvalue weighted by atomic mass is 9.89. The van der Waals surface area contributed by atoms with Crippen LogP contribution in [-0.2, 0) is 9.53 Å². The molecule has 3 rings (SSSR count). The Morgan fingerprint density at radius 1 is 1.26 bits per heavy atom. The van der Waals surface area contributed by atoms with Gasteiger partial charge in [0.05, 0.1) is 7.11 Å². The molecule has 0 radical (unpaired) electrons. The fraction of sp³-hybridized carbons (Fsp3) is 0.706. The molecule has 2 saturated carbocycles. The summed E-state index contributed by atoms with van der Waals surface area (Å²) in [5.41, 5.74) is 0.485. The van der Waals surface area contributed by atoms with E-state index in [1.807, 2.05) is 13.8 Å². The molecule has 0 unspecified atom stereocenters. The monoisotopic (exact) mass is 319 g/mol. The Labute approximate surface area is 136 Å². The number of aromatic nitrogens is 2. The highest BCUT2D eigenvalue weighted by molar-refractivity contribution is 5.95. The Hall–Kier alpha value is -1.85. The zero-order valence-corrected chi connectivity index (χ0v) is 14.0. The third-order valence-corrected chi connectivity index (χ3v) is 4.85. The van der Waals surface area contributed by atoms with Crippen molar-refractivity contribution in [2.24, 2.45) is 17.8 Å². The third kappa shape index (κ3) is 3.41. The number of carbonyl (C=O) groups is 2. The van der Waals surface area contributed by atoms with Crippen molar-refractivity contribution in [1.82, 2.24) is 15.1 Å². The van der Waals surface area contributed by atoms with Crippen molar-refractivity contribution < 1.29 is 14.3 Å². The van der Waals surface area contributed by atoms with Crippen molar-refractivity contribution >= 4 is 11.9 Å². The van der Waals surface area contributed by atoms with E-state index in [1.54, 1.807) is 16.9 Å². The van der Waals surface area contributed by atoms with Crippen LogP contribution in [0.3, 0.4) is 0 Å². The van der Waals surface area contributed by atoms with E-state index >= 15 is 0 Å². The van der Waals surface area contributed by atoms with E-state index in [2.05, 4.69) is 10.4 Å². The van der Waals surface area contributed by atoms with E-state index in [-0.39, 0.29) is 23.8 Å². The molecule has 0 aliphatic heterocycles. The first kappa shape index (κ1) is 16.0. The van der Waals surface area contributed by atoms with Crippen LogP contribution in [0.4, 0.5) is 0 Å². The molecule has 1 amide bonds. The fourth-order valence-electron chi connectivity index (χ4n) is 3.45. The van der Waals surface area contributed by atoms with Crippen LogP contribution in [-0.4, -0.2) is 34.8 Å².